The number of nitrogens with zero attached hydrogens (tertiary/aromatic N) is 4. The number of carbonyl (C=O) groups is 2. The van der Waals surface area contributed by atoms with Crippen LogP contribution in [-0.2, 0) is 14.8 Å². The zero-order chi connectivity index (χ0) is 24.3. The van der Waals surface area contributed by atoms with Crippen LogP contribution < -0.4 is 15.5 Å². The van der Waals surface area contributed by atoms with Crippen molar-refractivity contribution in [3.8, 4) is 0 Å². The number of amides is 2. The summed E-state index contributed by atoms with van der Waals surface area (Å²) in [4.78, 5) is 30.7. The van der Waals surface area contributed by atoms with E-state index in [1.165, 1.54) is 23.5 Å². The molecule has 1 aliphatic heterocycles. The number of sulfonamides is 1. The molecular weight excluding hydrogens is 460 g/mol. The average Bonchev–Trinajstić information content (AvgIpc) is 3.24. The van der Waals surface area contributed by atoms with Crippen molar-refractivity contribution >= 4 is 38.6 Å². The van der Waals surface area contributed by atoms with Gasteiger partial charge in [0.2, 0.25) is 10.0 Å². The lowest BCUT2D eigenvalue weighted by Gasteiger charge is -2.30. The van der Waals surface area contributed by atoms with Gasteiger partial charge in [0.05, 0.1) is 4.90 Å². The molecule has 0 saturated carbocycles. The highest BCUT2D eigenvalue weighted by Gasteiger charge is 2.29. The molecule has 1 atom stereocenters. The number of rotatable bonds is 7. The first-order valence-corrected chi connectivity index (χ1v) is 12.3. The summed E-state index contributed by atoms with van der Waals surface area (Å²) in [5.41, 5.74) is 1.60. The molecule has 3 aromatic rings. The molecule has 34 heavy (non-hydrogen) atoms. The molecule has 0 aliphatic carbocycles. The Morgan fingerprint density at radius 1 is 1.21 bits per heavy atom. The molecule has 11 nitrogen and oxygen atoms in total. The van der Waals surface area contributed by atoms with Crippen LogP contribution in [0.25, 0.3) is 11.0 Å². The molecule has 2 N–H and O–H groups in total. The Bertz CT molecular complexity index is 1320. The molecule has 2 heterocycles. The average molecular weight is 487 g/mol. The number of aromatic nitrogens is 3. The number of hydrogen-bond donors (Lipinski definition) is 2. The summed E-state index contributed by atoms with van der Waals surface area (Å²) in [7, 11) is -2.15. The Kier molecular flexibility index (Phi) is 6.80. The molecule has 2 amide bonds. The summed E-state index contributed by atoms with van der Waals surface area (Å²) in [5, 5.41) is 13.0. The van der Waals surface area contributed by atoms with Crippen LogP contribution in [0.4, 0.5) is 5.69 Å². The highest BCUT2D eigenvalue weighted by atomic mass is 32.2. The quantitative estimate of drug-likeness (QED) is 0.513. The molecule has 0 radical (unpaired) electrons. The van der Waals surface area contributed by atoms with Gasteiger partial charge in [-0.25, -0.2) is 8.42 Å². The van der Waals surface area contributed by atoms with Crippen molar-refractivity contribution in [1.29, 1.82) is 0 Å². The summed E-state index contributed by atoms with van der Waals surface area (Å²) < 4.78 is 27.7. The maximum atomic E-state index is 13.1. The van der Waals surface area contributed by atoms with Gasteiger partial charge in [0.15, 0.2) is 6.61 Å². The van der Waals surface area contributed by atoms with Gasteiger partial charge in [0.25, 0.3) is 11.8 Å². The number of hydrogen-bond acceptors (Lipinski definition) is 7. The Morgan fingerprint density at radius 2 is 2.03 bits per heavy atom. The molecular formula is C22H26N6O5S. The molecule has 4 rings (SSSR count). The van der Waals surface area contributed by atoms with Crippen LogP contribution in [0, 0.1) is 5.92 Å². The van der Waals surface area contributed by atoms with Crippen LogP contribution in [-0.4, -0.2) is 66.4 Å². The van der Waals surface area contributed by atoms with Crippen LogP contribution in [0.1, 0.15) is 30.1 Å². The first-order chi connectivity index (χ1) is 16.3. The van der Waals surface area contributed by atoms with Gasteiger partial charge in [-0.1, -0.05) is 17.8 Å². The largest absolute Gasteiger partial charge is 0.385 e. The summed E-state index contributed by atoms with van der Waals surface area (Å²) in [6.07, 6.45) is 1.83. The van der Waals surface area contributed by atoms with Gasteiger partial charge < -0.3 is 15.5 Å². The highest BCUT2D eigenvalue weighted by molar-refractivity contribution is 7.89. The number of fused-ring (bicyclic) bond motifs is 1. The fourth-order valence-electron chi connectivity index (χ4n) is 3.85. The smallest absolute Gasteiger partial charge is 0.265 e. The van der Waals surface area contributed by atoms with Gasteiger partial charge >= 0.3 is 0 Å². The third kappa shape index (κ3) is 5.02. The van der Waals surface area contributed by atoms with Crippen molar-refractivity contribution in [2.24, 2.45) is 5.92 Å². The fourth-order valence-corrected chi connectivity index (χ4v) is 5.47. The van der Waals surface area contributed by atoms with Crippen molar-refractivity contribution in [2.45, 2.75) is 24.7 Å². The van der Waals surface area contributed by atoms with E-state index in [4.69, 9.17) is 4.84 Å². The second-order valence-corrected chi connectivity index (χ2v) is 10.1. The van der Waals surface area contributed by atoms with E-state index < -0.39 is 22.5 Å². The van der Waals surface area contributed by atoms with E-state index in [0.717, 1.165) is 17.7 Å². The van der Waals surface area contributed by atoms with Gasteiger partial charge in [-0.2, -0.15) is 4.31 Å². The predicted molar refractivity (Wildman–Crippen MR) is 125 cm³/mol. The SMILES string of the molecule is CNC(=O)c1cccc(NC(=O)COn2nnc3ccc(S(=O)(=O)N4CCCC(C)C4)cc32)c1. The molecule has 2 aromatic carbocycles. The molecule has 1 fully saturated rings. The van der Waals surface area contributed by atoms with Gasteiger partial charge in [-0.15, -0.1) is 5.10 Å². The van der Waals surface area contributed by atoms with E-state index in [9.17, 15) is 18.0 Å². The van der Waals surface area contributed by atoms with E-state index in [2.05, 4.69) is 20.9 Å². The molecule has 12 heteroatoms. The fraction of sp³-hybridized carbons (Fsp3) is 0.364. The number of benzene rings is 2. The lowest BCUT2D eigenvalue weighted by Crippen LogP contribution is -2.39. The molecule has 1 aliphatic rings. The first kappa shape index (κ1) is 23.6. The zero-order valence-corrected chi connectivity index (χ0v) is 19.7. The van der Waals surface area contributed by atoms with Crippen LogP contribution in [0.15, 0.2) is 47.4 Å². The maximum Gasteiger partial charge on any atom is 0.265 e. The van der Waals surface area contributed by atoms with Crippen LogP contribution in [0.5, 0.6) is 0 Å². The minimum absolute atomic E-state index is 0.122. The standard InChI is InChI=1S/C22H26N6O5S/c1-15-5-4-10-27(13-15)34(31,32)18-8-9-19-20(12-18)28(26-25-19)33-14-21(29)24-17-7-3-6-16(11-17)22(30)23-2/h3,6-9,11-12,15H,4-5,10,13-14H2,1-2H3,(H,23,30)(H,24,29). The van der Waals surface area contributed by atoms with Crippen molar-refractivity contribution in [1.82, 2.24) is 24.8 Å². The van der Waals surface area contributed by atoms with Gasteiger partial charge in [0, 0.05) is 31.4 Å². The van der Waals surface area contributed by atoms with Crippen LogP contribution >= 0.6 is 0 Å². The number of nitrogens with one attached hydrogen (secondary N) is 2. The second kappa shape index (κ2) is 9.77. The number of piperidine rings is 1. The molecule has 0 bridgehead atoms. The van der Waals surface area contributed by atoms with Crippen molar-refractivity contribution in [2.75, 3.05) is 32.1 Å². The minimum atomic E-state index is -3.67. The number of carbonyl (C=O) groups excluding carboxylic acids is 2. The third-order valence-electron chi connectivity index (χ3n) is 5.60. The van der Waals surface area contributed by atoms with Crippen LogP contribution in [0.2, 0.25) is 0 Å². The molecule has 0 spiro atoms. The lowest BCUT2D eigenvalue weighted by molar-refractivity contribution is -0.121. The topological polar surface area (TPSA) is 136 Å². The molecule has 1 saturated heterocycles. The van der Waals surface area contributed by atoms with E-state index in [1.54, 1.807) is 30.3 Å². The van der Waals surface area contributed by atoms with Crippen molar-refractivity contribution in [3.05, 3.63) is 48.0 Å². The molecule has 180 valence electrons. The van der Waals surface area contributed by atoms with E-state index >= 15 is 0 Å². The minimum Gasteiger partial charge on any atom is -0.385 e. The van der Waals surface area contributed by atoms with Gasteiger partial charge in [0.1, 0.15) is 11.0 Å². The maximum absolute atomic E-state index is 13.1. The van der Waals surface area contributed by atoms with E-state index in [-0.39, 0.29) is 10.8 Å². The van der Waals surface area contributed by atoms with Crippen molar-refractivity contribution in [3.63, 3.8) is 0 Å². The predicted octanol–water partition coefficient (Wildman–Crippen LogP) is 1.28. The summed E-state index contributed by atoms with van der Waals surface area (Å²) in [6.45, 7) is 2.61. The van der Waals surface area contributed by atoms with Crippen molar-refractivity contribution < 1.29 is 22.8 Å². The Morgan fingerprint density at radius 3 is 2.79 bits per heavy atom. The summed E-state index contributed by atoms with van der Waals surface area (Å²) in [5.74, 6) is -0.451. The van der Waals surface area contributed by atoms with E-state index in [0.29, 0.717) is 41.3 Å². The Labute approximate surface area is 197 Å². The Balaban J connectivity index is 1.47. The highest BCUT2D eigenvalue weighted by Crippen LogP contribution is 2.25. The monoisotopic (exact) mass is 486 g/mol. The van der Waals surface area contributed by atoms with Gasteiger partial charge in [-0.05, 0) is 60.4 Å². The molecule has 1 aromatic heterocycles. The zero-order valence-electron chi connectivity index (χ0n) is 18.9. The summed E-state index contributed by atoms with van der Waals surface area (Å²) in [6, 6.07) is 11.0. The van der Waals surface area contributed by atoms with Crippen LogP contribution in [0.3, 0.4) is 0 Å². The second-order valence-electron chi connectivity index (χ2n) is 8.20. The normalized spacial score (nSPS) is 16.8. The first-order valence-electron chi connectivity index (χ1n) is 10.9. The third-order valence-corrected chi connectivity index (χ3v) is 7.46. The van der Waals surface area contributed by atoms with E-state index in [1.807, 2.05) is 6.92 Å². The van der Waals surface area contributed by atoms with Gasteiger partial charge in [-0.3, -0.25) is 9.59 Å². The Hall–Kier alpha value is -3.51. The number of anilines is 1. The molecule has 1 unspecified atom stereocenters. The summed E-state index contributed by atoms with van der Waals surface area (Å²) >= 11 is 0. The lowest BCUT2D eigenvalue weighted by atomic mass is 10.0.